The highest BCUT2D eigenvalue weighted by Crippen LogP contribution is 2.32. The summed E-state index contributed by atoms with van der Waals surface area (Å²) in [5, 5.41) is 12.8. The first kappa shape index (κ1) is 12.7. The van der Waals surface area contributed by atoms with E-state index in [9.17, 15) is 4.79 Å². The quantitative estimate of drug-likeness (QED) is 0.736. The fourth-order valence-electron chi connectivity index (χ4n) is 1.83. The molecule has 0 fully saturated rings. The minimum absolute atomic E-state index is 0.244. The second kappa shape index (κ2) is 5.01. The summed E-state index contributed by atoms with van der Waals surface area (Å²) < 4.78 is 6.87. The SMILES string of the molecule is CCOc1ccccc1-c1nn2c(=O)c(C)nnc2s1. The van der Waals surface area contributed by atoms with Crippen LogP contribution in [-0.4, -0.2) is 26.4 Å². The van der Waals surface area contributed by atoms with E-state index in [0.717, 1.165) is 11.3 Å². The minimum Gasteiger partial charge on any atom is -0.493 e. The molecule has 0 amide bonds. The number of hydrogen-bond donors (Lipinski definition) is 0. The first-order valence-corrected chi connectivity index (χ1v) is 6.97. The highest BCUT2D eigenvalue weighted by atomic mass is 32.1. The van der Waals surface area contributed by atoms with Gasteiger partial charge in [-0.05, 0) is 26.0 Å². The fraction of sp³-hybridized carbons (Fsp3) is 0.231. The monoisotopic (exact) mass is 288 g/mol. The van der Waals surface area contributed by atoms with Crippen molar-refractivity contribution in [2.45, 2.75) is 13.8 Å². The molecule has 2 aromatic heterocycles. The van der Waals surface area contributed by atoms with Gasteiger partial charge in [0.1, 0.15) is 11.4 Å². The van der Waals surface area contributed by atoms with Gasteiger partial charge in [0.05, 0.1) is 12.2 Å². The molecule has 3 aromatic rings. The van der Waals surface area contributed by atoms with Crippen molar-refractivity contribution in [1.29, 1.82) is 0 Å². The van der Waals surface area contributed by atoms with Crippen LogP contribution < -0.4 is 10.3 Å². The number of hydrogen-bond acceptors (Lipinski definition) is 6. The van der Waals surface area contributed by atoms with Crippen LogP contribution in [0.15, 0.2) is 29.1 Å². The van der Waals surface area contributed by atoms with Gasteiger partial charge in [-0.3, -0.25) is 4.79 Å². The van der Waals surface area contributed by atoms with Crippen LogP contribution in [-0.2, 0) is 0 Å². The number of benzene rings is 1. The van der Waals surface area contributed by atoms with Crippen molar-refractivity contribution in [2.75, 3.05) is 6.61 Å². The van der Waals surface area contributed by atoms with Gasteiger partial charge < -0.3 is 4.74 Å². The van der Waals surface area contributed by atoms with E-state index in [1.165, 1.54) is 15.9 Å². The zero-order valence-electron chi connectivity index (χ0n) is 11.0. The van der Waals surface area contributed by atoms with Gasteiger partial charge in [-0.25, -0.2) is 0 Å². The van der Waals surface area contributed by atoms with Crippen molar-refractivity contribution in [3.8, 4) is 16.3 Å². The maximum absolute atomic E-state index is 12.0. The lowest BCUT2D eigenvalue weighted by atomic mass is 10.2. The molecule has 7 heteroatoms. The smallest absolute Gasteiger partial charge is 0.296 e. The molecule has 2 heterocycles. The lowest BCUT2D eigenvalue weighted by molar-refractivity contribution is 0.341. The van der Waals surface area contributed by atoms with Gasteiger partial charge in [0, 0.05) is 0 Å². The molecule has 6 nitrogen and oxygen atoms in total. The summed E-state index contributed by atoms with van der Waals surface area (Å²) >= 11 is 1.31. The highest BCUT2D eigenvalue weighted by Gasteiger charge is 2.14. The summed E-state index contributed by atoms with van der Waals surface area (Å²) in [6.07, 6.45) is 0. The molecule has 0 unspecified atom stereocenters. The first-order chi connectivity index (χ1) is 9.70. The molecule has 1 aromatic carbocycles. The summed E-state index contributed by atoms with van der Waals surface area (Å²) in [7, 11) is 0. The molecule has 0 radical (unpaired) electrons. The molecule has 0 bridgehead atoms. The molecular weight excluding hydrogens is 276 g/mol. The van der Waals surface area contributed by atoms with Crippen LogP contribution in [0, 0.1) is 6.92 Å². The van der Waals surface area contributed by atoms with E-state index in [0.29, 0.717) is 22.3 Å². The van der Waals surface area contributed by atoms with E-state index in [-0.39, 0.29) is 5.56 Å². The lowest BCUT2D eigenvalue weighted by Gasteiger charge is -2.06. The Hall–Kier alpha value is -2.28. The number of para-hydroxylation sites is 1. The fourth-order valence-corrected chi connectivity index (χ4v) is 2.69. The van der Waals surface area contributed by atoms with Gasteiger partial charge in [-0.15, -0.1) is 10.2 Å². The Labute approximate surface area is 118 Å². The van der Waals surface area contributed by atoms with E-state index in [1.807, 2.05) is 31.2 Å². The van der Waals surface area contributed by atoms with Gasteiger partial charge in [0.2, 0.25) is 4.96 Å². The van der Waals surface area contributed by atoms with E-state index in [4.69, 9.17) is 4.74 Å². The summed E-state index contributed by atoms with van der Waals surface area (Å²) in [4.78, 5) is 12.4. The maximum Gasteiger partial charge on any atom is 0.296 e. The van der Waals surface area contributed by atoms with Gasteiger partial charge in [-0.2, -0.15) is 9.61 Å². The summed E-state index contributed by atoms with van der Waals surface area (Å²) in [6, 6.07) is 7.60. The number of nitrogens with zero attached hydrogens (tertiary/aromatic N) is 4. The average molecular weight is 288 g/mol. The minimum atomic E-state index is -0.244. The molecule has 0 aliphatic rings. The zero-order chi connectivity index (χ0) is 14.1. The summed E-state index contributed by atoms with van der Waals surface area (Å²) in [6.45, 7) is 4.12. The highest BCUT2D eigenvalue weighted by molar-refractivity contribution is 7.19. The Kier molecular flexibility index (Phi) is 3.19. The van der Waals surface area contributed by atoms with Crippen LogP contribution in [0.25, 0.3) is 15.5 Å². The molecular formula is C13H12N4O2S. The van der Waals surface area contributed by atoms with Gasteiger partial charge in [0.25, 0.3) is 5.56 Å². The molecule has 0 saturated heterocycles. The maximum atomic E-state index is 12.0. The summed E-state index contributed by atoms with van der Waals surface area (Å²) in [5.74, 6) is 0.742. The Morgan fingerprint density at radius 2 is 2.10 bits per heavy atom. The van der Waals surface area contributed by atoms with E-state index >= 15 is 0 Å². The third-order valence-electron chi connectivity index (χ3n) is 2.76. The second-order valence-electron chi connectivity index (χ2n) is 4.12. The predicted molar refractivity (Wildman–Crippen MR) is 76.3 cm³/mol. The number of fused-ring (bicyclic) bond motifs is 1. The van der Waals surface area contributed by atoms with Crippen molar-refractivity contribution in [3.05, 3.63) is 40.3 Å². The number of aromatic nitrogens is 4. The van der Waals surface area contributed by atoms with Gasteiger partial charge >= 0.3 is 0 Å². The number of rotatable bonds is 3. The normalized spacial score (nSPS) is 10.9. The standard InChI is InChI=1S/C13H12N4O2S/c1-3-19-10-7-5-4-6-9(10)11-16-17-12(18)8(2)14-15-13(17)20-11/h4-7H,3H2,1-2H3. The Morgan fingerprint density at radius 3 is 2.90 bits per heavy atom. The van der Waals surface area contributed by atoms with Crippen LogP contribution in [0.2, 0.25) is 0 Å². The van der Waals surface area contributed by atoms with E-state index in [1.54, 1.807) is 6.92 Å². The molecule has 0 saturated carbocycles. The largest absolute Gasteiger partial charge is 0.493 e. The van der Waals surface area contributed by atoms with Crippen molar-refractivity contribution >= 4 is 16.3 Å². The predicted octanol–water partition coefficient (Wildman–Crippen LogP) is 1.92. The van der Waals surface area contributed by atoms with Gasteiger partial charge in [0.15, 0.2) is 5.01 Å². The number of aryl methyl sites for hydroxylation is 1. The molecule has 0 N–H and O–H groups in total. The first-order valence-electron chi connectivity index (χ1n) is 6.16. The Morgan fingerprint density at radius 1 is 1.30 bits per heavy atom. The molecule has 0 aliphatic heterocycles. The van der Waals surface area contributed by atoms with Crippen molar-refractivity contribution in [1.82, 2.24) is 19.8 Å². The van der Waals surface area contributed by atoms with Crippen LogP contribution in [0.4, 0.5) is 0 Å². The molecule has 3 rings (SSSR count). The number of ether oxygens (including phenoxy) is 1. The third-order valence-corrected chi connectivity index (χ3v) is 3.70. The average Bonchev–Trinajstić information content (AvgIpc) is 2.89. The van der Waals surface area contributed by atoms with Gasteiger partial charge in [-0.1, -0.05) is 23.5 Å². The molecule has 102 valence electrons. The summed E-state index contributed by atoms with van der Waals surface area (Å²) in [5.41, 5.74) is 0.936. The second-order valence-corrected chi connectivity index (χ2v) is 5.08. The van der Waals surface area contributed by atoms with E-state index in [2.05, 4.69) is 15.3 Å². The van der Waals surface area contributed by atoms with Crippen molar-refractivity contribution in [2.24, 2.45) is 0 Å². The Balaban J connectivity index is 2.21. The van der Waals surface area contributed by atoms with Crippen LogP contribution in [0.1, 0.15) is 12.6 Å². The Bertz CT molecular complexity index is 825. The van der Waals surface area contributed by atoms with E-state index < -0.39 is 0 Å². The van der Waals surface area contributed by atoms with Crippen molar-refractivity contribution < 1.29 is 4.74 Å². The molecule has 20 heavy (non-hydrogen) atoms. The van der Waals surface area contributed by atoms with Crippen molar-refractivity contribution in [3.63, 3.8) is 0 Å². The topological polar surface area (TPSA) is 69.4 Å². The lowest BCUT2D eigenvalue weighted by Crippen LogP contribution is -2.19. The third kappa shape index (κ3) is 2.05. The van der Waals surface area contributed by atoms with Crippen LogP contribution in [0.5, 0.6) is 5.75 Å². The zero-order valence-corrected chi connectivity index (χ0v) is 11.8. The molecule has 0 atom stereocenters. The van der Waals surface area contributed by atoms with Crippen LogP contribution >= 0.6 is 11.3 Å². The molecule has 0 aliphatic carbocycles. The molecule has 0 spiro atoms. The van der Waals surface area contributed by atoms with Crippen LogP contribution in [0.3, 0.4) is 0 Å².